The van der Waals surface area contributed by atoms with Gasteiger partial charge in [-0.1, -0.05) is 17.7 Å². The van der Waals surface area contributed by atoms with Crippen molar-refractivity contribution < 1.29 is 45.8 Å². The van der Waals surface area contributed by atoms with Gasteiger partial charge in [0.25, 0.3) is 10.0 Å². The maximum Gasteiger partial charge on any atom is 0.427 e. The molecule has 1 fully saturated rings. The first-order valence-corrected chi connectivity index (χ1v) is 12.7. The number of fused-ring (bicyclic) bond motifs is 1. The number of aliphatic carboxylic acids is 1. The van der Waals surface area contributed by atoms with E-state index >= 15 is 0 Å². The lowest BCUT2D eigenvalue weighted by molar-refractivity contribution is -0.242. The van der Waals surface area contributed by atoms with E-state index in [1.807, 2.05) is 0 Å². The highest BCUT2D eigenvalue weighted by Crippen LogP contribution is 2.48. The van der Waals surface area contributed by atoms with Gasteiger partial charge >= 0.3 is 18.2 Å². The van der Waals surface area contributed by atoms with Gasteiger partial charge in [0.05, 0.1) is 23.0 Å². The number of carboxylic acid groups (broad SMARTS) is 1. The SMILES string of the molecule is Cc1ccc(S(=O)(=O)N2C[C@H]([C@H]3C[C@H]3C(=O)O)Oc3ccc(NC(=O)OC(C)(C)C(F)(F)F)cc32)cc1. The molecule has 200 valence electrons. The van der Waals surface area contributed by atoms with Crippen molar-refractivity contribution >= 4 is 33.5 Å². The number of nitrogens with one attached hydrogen (secondary N) is 1. The van der Waals surface area contributed by atoms with Gasteiger partial charge < -0.3 is 14.6 Å². The Morgan fingerprint density at radius 2 is 1.78 bits per heavy atom. The van der Waals surface area contributed by atoms with Gasteiger partial charge in [0.15, 0.2) is 0 Å². The number of nitrogens with zero attached hydrogens (tertiary/aromatic N) is 1. The summed E-state index contributed by atoms with van der Waals surface area (Å²) in [6.07, 6.45) is -6.58. The van der Waals surface area contributed by atoms with Gasteiger partial charge in [-0.2, -0.15) is 13.2 Å². The van der Waals surface area contributed by atoms with Gasteiger partial charge in [0.2, 0.25) is 5.60 Å². The highest BCUT2D eigenvalue weighted by atomic mass is 32.2. The predicted molar refractivity (Wildman–Crippen MR) is 126 cm³/mol. The molecule has 9 nitrogen and oxygen atoms in total. The molecule has 1 aliphatic heterocycles. The van der Waals surface area contributed by atoms with Gasteiger partial charge in [-0.3, -0.25) is 14.4 Å². The summed E-state index contributed by atoms with van der Waals surface area (Å²) in [4.78, 5) is 23.5. The molecule has 0 bridgehead atoms. The molecule has 0 unspecified atom stereocenters. The van der Waals surface area contributed by atoms with E-state index in [0.717, 1.165) is 9.87 Å². The van der Waals surface area contributed by atoms with Crippen LogP contribution in [0.5, 0.6) is 5.75 Å². The molecular weight excluding hydrogens is 517 g/mol. The number of hydrogen-bond acceptors (Lipinski definition) is 6. The Hall–Kier alpha value is -3.48. The molecule has 2 aliphatic rings. The maximum absolute atomic E-state index is 13.6. The zero-order valence-corrected chi connectivity index (χ0v) is 20.9. The normalized spacial score (nSPS) is 21.5. The summed E-state index contributed by atoms with van der Waals surface area (Å²) in [6, 6.07) is 10.1. The number of aryl methyl sites for hydroxylation is 1. The zero-order valence-electron chi connectivity index (χ0n) is 20.1. The molecule has 0 saturated heterocycles. The fraction of sp³-hybridized carbons (Fsp3) is 0.417. The van der Waals surface area contributed by atoms with Crippen LogP contribution in [0.3, 0.4) is 0 Å². The Bertz CT molecular complexity index is 1330. The monoisotopic (exact) mass is 542 g/mol. The largest absolute Gasteiger partial charge is 0.486 e. The van der Waals surface area contributed by atoms with Gasteiger partial charge in [-0.25, -0.2) is 13.2 Å². The lowest BCUT2D eigenvalue weighted by Gasteiger charge is -2.36. The minimum absolute atomic E-state index is 0.0139. The molecular formula is C24H25F3N2O7S. The molecule has 0 radical (unpaired) electrons. The number of carboxylic acids is 1. The van der Waals surface area contributed by atoms with Crippen molar-refractivity contribution in [1.29, 1.82) is 0 Å². The first kappa shape index (κ1) is 26.6. The summed E-state index contributed by atoms with van der Waals surface area (Å²) in [7, 11) is -4.15. The van der Waals surface area contributed by atoms with Crippen LogP contribution in [0, 0.1) is 18.8 Å². The van der Waals surface area contributed by atoms with Crippen molar-refractivity contribution in [2.24, 2.45) is 11.8 Å². The number of amides is 1. The number of ether oxygens (including phenoxy) is 2. The quantitative estimate of drug-likeness (QED) is 0.549. The van der Waals surface area contributed by atoms with E-state index in [-0.39, 0.29) is 28.6 Å². The summed E-state index contributed by atoms with van der Waals surface area (Å²) in [5, 5.41) is 11.5. The smallest absolute Gasteiger partial charge is 0.427 e. The van der Waals surface area contributed by atoms with Crippen LogP contribution in [0.15, 0.2) is 47.4 Å². The fourth-order valence-corrected chi connectivity index (χ4v) is 5.46. The highest BCUT2D eigenvalue weighted by molar-refractivity contribution is 7.92. The third kappa shape index (κ3) is 5.31. The summed E-state index contributed by atoms with van der Waals surface area (Å²) in [5.74, 6) is -1.91. The van der Waals surface area contributed by atoms with Crippen LogP contribution < -0.4 is 14.4 Å². The molecule has 2 aromatic carbocycles. The van der Waals surface area contributed by atoms with E-state index in [4.69, 9.17) is 4.74 Å². The number of benzene rings is 2. The fourth-order valence-electron chi connectivity index (χ4n) is 3.98. The average molecular weight is 543 g/mol. The number of alkyl halides is 3. The van der Waals surface area contributed by atoms with Crippen molar-refractivity contribution in [2.45, 2.75) is 50.0 Å². The number of sulfonamides is 1. The molecule has 0 spiro atoms. The second kappa shape index (κ2) is 9.12. The topological polar surface area (TPSA) is 122 Å². The van der Waals surface area contributed by atoms with E-state index in [1.165, 1.54) is 30.3 Å². The van der Waals surface area contributed by atoms with Gasteiger partial charge in [0.1, 0.15) is 11.9 Å². The van der Waals surface area contributed by atoms with E-state index in [9.17, 15) is 36.3 Å². The lowest BCUT2D eigenvalue weighted by atomic mass is 10.1. The summed E-state index contributed by atoms with van der Waals surface area (Å²) in [6.45, 7) is 3.01. The number of halogens is 3. The molecule has 4 rings (SSSR count). The van der Waals surface area contributed by atoms with E-state index < -0.39 is 51.8 Å². The Balaban J connectivity index is 1.66. The standard InChI is InChI=1S/C24H25F3N2O7S/c1-13-4-7-15(8-5-13)37(33,34)29-12-20(16-11-17(16)21(30)31)35-19-9-6-14(10-18(19)29)28-22(32)36-23(2,3)24(25,26)27/h4-10,16-17,20H,11-12H2,1-3H3,(H,28,32)(H,30,31)/t16-,17+,20+/m0/s1. The third-order valence-corrected chi connectivity index (χ3v) is 8.17. The van der Waals surface area contributed by atoms with Crippen LogP contribution in [-0.4, -0.2) is 50.0 Å². The maximum atomic E-state index is 13.6. The zero-order chi connectivity index (χ0) is 27.3. The molecule has 37 heavy (non-hydrogen) atoms. The molecule has 2 N–H and O–H groups in total. The van der Waals surface area contributed by atoms with Crippen LogP contribution >= 0.6 is 0 Å². The summed E-state index contributed by atoms with van der Waals surface area (Å²) < 4.78 is 78.0. The Morgan fingerprint density at radius 1 is 1.14 bits per heavy atom. The minimum atomic E-state index is -4.81. The molecule has 2 aromatic rings. The van der Waals surface area contributed by atoms with Gasteiger partial charge in [0, 0.05) is 11.6 Å². The number of anilines is 2. The van der Waals surface area contributed by atoms with Crippen molar-refractivity contribution in [1.82, 2.24) is 0 Å². The minimum Gasteiger partial charge on any atom is -0.486 e. The molecule has 1 amide bonds. The van der Waals surface area contributed by atoms with Crippen molar-refractivity contribution in [3.05, 3.63) is 48.0 Å². The van der Waals surface area contributed by atoms with Crippen LogP contribution in [0.1, 0.15) is 25.8 Å². The second-order valence-electron chi connectivity index (χ2n) is 9.55. The number of carbonyl (C=O) groups is 2. The molecule has 1 heterocycles. The second-order valence-corrected chi connectivity index (χ2v) is 11.4. The average Bonchev–Trinajstić information content (AvgIpc) is 3.59. The van der Waals surface area contributed by atoms with Crippen molar-refractivity contribution in [2.75, 3.05) is 16.2 Å². The third-order valence-electron chi connectivity index (χ3n) is 6.37. The van der Waals surface area contributed by atoms with E-state index in [2.05, 4.69) is 10.1 Å². The molecule has 3 atom stereocenters. The van der Waals surface area contributed by atoms with E-state index in [0.29, 0.717) is 20.3 Å². The van der Waals surface area contributed by atoms with Crippen LogP contribution in [0.2, 0.25) is 0 Å². The highest BCUT2D eigenvalue weighted by Gasteiger charge is 2.52. The number of rotatable bonds is 6. The van der Waals surface area contributed by atoms with Crippen LogP contribution in [-0.2, 0) is 19.6 Å². The molecule has 13 heteroatoms. The first-order chi connectivity index (χ1) is 17.1. The van der Waals surface area contributed by atoms with Gasteiger partial charge in [-0.15, -0.1) is 0 Å². The van der Waals surface area contributed by atoms with E-state index in [1.54, 1.807) is 19.1 Å². The lowest BCUT2D eigenvalue weighted by Crippen LogP contribution is -2.45. The van der Waals surface area contributed by atoms with Crippen LogP contribution in [0.4, 0.5) is 29.3 Å². The first-order valence-electron chi connectivity index (χ1n) is 11.3. The summed E-state index contributed by atoms with van der Waals surface area (Å²) in [5.41, 5.74) is -1.90. The van der Waals surface area contributed by atoms with Crippen molar-refractivity contribution in [3.63, 3.8) is 0 Å². The van der Waals surface area contributed by atoms with Gasteiger partial charge in [-0.05, 0) is 57.5 Å². The number of carbonyl (C=O) groups excluding carboxylic acids is 1. The molecule has 1 aliphatic carbocycles. The molecule has 1 saturated carbocycles. The Labute approximate surface area is 211 Å². The Morgan fingerprint density at radius 3 is 2.35 bits per heavy atom. The van der Waals surface area contributed by atoms with Crippen molar-refractivity contribution in [3.8, 4) is 5.75 Å². The predicted octanol–water partition coefficient (Wildman–Crippen LogP) is 4.56. The molecule has 0 aromatic heterocycles. The summed E-state index contributed by atoms with van der Waals surface area (Å²) >= 11 is 0. The Kier molecular flexibility index (Phi) is 6.55. The van der Waals surface area contributed by atoms with Crippen LogP contribution in [0.25, 0.3) is 0 Å². The number of hydrogen-bond donors (Lipinski definition) is 2.